The molecule has 11 heavy (non-hydrogen) atoms. The highest BCUT2D eigenvalue weighted by Gasteiger charge is 2.20. The maximum absolute atomic E-state index is 2.34. The predicted octanol–water partition coefficient (Wildman–Crippen LogP) is 4.00. The third-order valence-corrected chi connectivity index (χ3v) is 2.49. The molecule has 0 aliphatic heterocycles. The Labute approximate surface area is 71.4 Å². The van der Waals surface area contributed by atoms with Crippen LogP contribution in [0, 0.1) is 11.3 Å². The molecule has 66 valence electrons. The summed E-state index contributed by atoms with van der Waals surface area (Å²) in [6.45, 7) is 7.01. The molecule has 0 heteroatoms. The van der Waals surface area contributed by atoms with E-state index in [2.05, 4.69) is 20.8 Å². The number of hydrogen-bond donors (Lipinski definition) is 0. The summed E-state index contributed by atoms with van der Waals surface area (Å²) in [6.07, 6.45) is 8.88. The molecular formula is C11H22. The normalized spacial score (nSPS) is 18.8. The van der Waals surface area contributed by atoms with E-state index in [0.29, 0.717) is 5.41 Å². The van der Waals surface area contributed by atoms with Crippen LogP contribution in [0.15, 0.2) is 0 Å². The van der Waals surface area contributed by atoms with Gasteiger partial charge in [-0.05, 0) is 17.8 Å². The molecule has 0 nitrogen and oxygen atoms in total. The topological polar surface area (TPSA) is 0 Å². The minimum atomic E-state index is 0.559. The summed E-state index contributed by atoms with van der Waals surface area (Å²) in [6, 6.07) is 0. The highest BCUT2D eigenvalue weighted by molar-refractivity contribution is 4.73. The first-order valence-electron chi connectivity index (χ1n) is 5.08. The fourth-order valence-electron chi connectivity index (χ4n) is 1.49. The largest absolute Gasteiger partial charge is 0.0602 e. The molecule has 0 heterocycles. The molecular weight excluding hydrogens is 132 g/mol. The maximum Gasteiger partial charge on any atom is -0.0383 e. The average Bonchev–Trinajstić information content (AvgIpc) is 2.60. The van der Waals surface area contributed by atoms with Gasteiger partial charge in [-0.25, -0.2) is 0 Å². The Balaban J connectivity index is 1.87. The van der Waals surface area contributed by atoms with Crippen molar-refractivity contribution in [2.45, 2.75) is 59.3 Å². The van der Waals surface area contributed by atoms with Gasteiger partial charge in [-0.2, -0.15) is 0 Å². The van der Waals surface area contributed by atoms with Gasteiger partial charge in [0.15, 0.2) is 0 Å². The molecule has 0 N–H and O–H groups in total. The van der Waals surface area contributed by atoms with Crippen molar-refractivity contribution in [2.75, 3.05) is 0 Å². The summed E-state index contributed by atoms with van der Waals surface area (Å²) in [5, 5.41) is 0. The van der Waals surface area contributed by atoms with Gasteiger partial charge in [0.05, 0.1) is 0 Å². The Morgan fingerprint density at radius 2 is 1.73 bits per heavy atom. The van der Waals surface area contributed by atoms with Gasteiger partial charge in [0.2, 0.25) is 0 Å². The van der Waals surface area contributed by atoms with Gasteiger partial charge in [0.25, 0.3) is 0 Å². The third-order valence-electron chi connectivity index (χ3n) is 2.49. The first-order chi connectivity index (χ1) is 5.08. The van der Waals surface area contributed by atoms with Crippen LogP contribution >= 0.6 is 0 Å². The lowest BCUT2D eigenvalue weighted by Crippen LogP contribution is -2.03. The van der Waals surface area contributed by atoms with E-state index in [9.17, 15) is 0 Å². The van der Waals surface area contributed by atoms with Gasteiger partial charge in [-0.15, -0.1) is 0 Å². The molecule has 1 rings (SSSR count). The van der Waals surface area contributed by atoms with E-state index in [4.69, 9.17) is 0 Å². The molecule has 0 unspecified atom stereocenters. The molecule has 1 saturated carbocycles. The van der Waals surface area contributed by atoms with Crippen molar-refractivity contribution in [3.05, 3.63) is 0 Å². The van der Waals surface area contributed by atoms with Gasteiger partial charge in [0, 0.05) is 0 Å². The Kier molecular flexibility index (Phi) is 2.98. The lowest BCUT2D eigenvalue weighted by molar-refractivity contribution is 0.356. The van der Waals surface area contributed by atoms with Crippen LogP contribution in [0.4, 0.5) is 0 Å². The molecule has 1 fully saturated rings. The van der Waals surface area contributed by atoms with Crippen molar-refractivity contribution < 1.29 is 0 Å². The minimum absolute atomic E-state index is 0.559. The van der Waals surface area contributed by atoms with Crippen molar-refractivity contribution in [3.63, 3.8) is 0 Å². The number of rotatable bonds is 4. The highest BCUT2D eigenvalue weighted by atomic mass is 14.3. The van der Waals surface area contributed by atoms with Crippen molar-refractivity contribution in [2.24, 2.45) is 11.3 Å². The fourth-order valence-corrected chi connectivity index (χ4v) is 1.49. The Bertz CT molecular complexity index is 104. The van der Waals surface area contributed by atoms with Crippen molar-refractivity contribution in [3.8, 4) is 0 Å². The van der Waals surface area contributed by atoms with Crippen LogP contribution in [0.5, 0.6) is 0 Å². The van der Waals surface area contributed by atoms with E-state index < -0.39 is 0 Å². The van der Waals surface area contributed by atoms with Crippen LogP contribution in [0.2, 0.25) is 0 Å². The molecule has 0 saturated heterocycles. The summed E-state index contributed by atoms with van der Waals surface area (Å²) < 4.78 is 0. The van der Waals surface area contributed by atoms with Crippen LogP contribution in [0.25, 0.3) is 0 Å². The standard InChI is InChI=1S/C11H22/c1-11(2,3)9-5-4-6-10-7-8-10/h10H,4-9H2,1-3H3. The van der Waals surface area contributed by atoms with Gasteiger partial charge < -0.3 is 0 Å². The summed E-state index contributed by atoms with van der Waals surface area (Å²) in [5.74, 6) is 1.13. The van der Waals surface area contributed by atoms with E-state index >= 15 is 0 Å². The molecule has 0 radical (unpaired) electrons. The molecule has 1 aliphatic rings. The molecule has 0 aromatic heterocycles. The summed E-state index contributed by atoms with van der Waals surface area (Å²) in [4.78, 5) is 0. The van der Waals surface area contributed by atoms with E-state index in [-0.39, 0.29) is 0 Å². The first kappa shape index (κ1) is 9.09. The molecule has 0 aromatic carbocycles. The number of unbranched alkanes of at least 4 members (excludes halogenated alkanes) is 1. The quantitative estimate of drug-likeness (QED) is 0.537. The maximum atomic E-state index is 2.34. The molecule has 0 aromatic rings. The molecule has 0 spiro atoms. The second-order valence-corrected chi connectivity index (χ2v) is 5.25. The van der Waals surface area contributed by atoms with E-state index in [1.807, 2.05) is 0 Å². The SMILES string of the molecule is CC(C)(C)CCCCC1CC1. The zero-order chi connectivity index (χ0) is 8.32. The molecule has 0 atom stereocenters. The summed E-state index contributed by atoms with van der Waals surface area (Å²) in [5.41, 5.74) is 0.559. The Morgan fingerprint density at radius 3 is 2.18 bits per heavy atom. The molecule has 0 amide bonds. The van der Waals surface area contributed by atoms with Crippen molar-refractivity contribution >= 4 is 0 Å². The zero-order valence-corrected chi connectivity index (χ0v) is 8.32. The van der Waals surface area contributed by atoms with E-state index in [0.717, 1.165) is 5.92 Å². The highest BCUT2D eigenvalue weighted by Crippen LogP contribution is 2.34. The number of hydrogen-bond acceptors (Lipinski definition) is 0. The van der Waals surface area contributed by atoms with E-state index in [1.54, 1.807) is 0 Å². The minimum Gasteiger partial charge on any atom is -0.0602 e. The Morgan fingerprint density at radius 1 is 1.09 bits per heavy atom. The second kappa shape index (κ2) is 3.60. The monoisotopic (exact) mass is 154 g/mol. The van der Waals surface area contributed by atoms with Crippen LogP contribution in [0.1, 0.15) is 59.3 Å². The van der Waals surface area contributed by atoms with E-state index in [1.165, 1.54) is 38.5 Å². The smallest absolute Gasteiger partial charge is 0.0383 e. The summed E-state index contributed by atoms with van der Waals surface area (Å²) in [7, 11) is 0. The van der Waals surface area contributed by atoms with Crippen LogP contribution in [-0.2, 0) is 0 Å². The van der Waals surface area contributed by atoms with Gasteiger partial charge >= 0.3 is 0 Å². The van der Waals surface area contributed by atoms with Crippen LogP contribution in [0.3, 0.4) is 0 Å². The average molecular weight is 154 g/mol. The zero-order valence-electron chi connectivity index (χ0n) is 8.32. The first-order valence-corrected chi connectivity index (χ1v) is 5.08. The van der Waals surface area contributed by atoms with Gasteiger partial charge in [-0.1, -0.05) is 52.9 Å². The summed E-state index contributed by atoms with van der Waals surface area (Å²) >= 11 is 0. The third kappa shape index (κ3) is 5.29. The lowest BCUT2D eigenvalue weighted by atomic mass is 9.89. The van der Waals surface area contributed by atoms with Gasteiger partial charge in [-0.3, -0.25) is 0 Å². The molecule has 0 bridgehead atoms. The van der Waals surface area contributed by atoms with Crippen molar-refractivity contribution in [1.82, 2.24) is 0 Å². The van der Waals surface area contributed by atoms with Gasteiger partial charge in [0.1, 0.15) is 0 Å². The predicted molar refractivity (Wildman–Crippen MR) is 50.6 cm³/mol. The van der Waals surface area contributed by atoms with Crippen LogP contribution < -0.4 is 0 Å². The van der Waals surface area contributed by atoms with Crippen molar-refractivity contribution in [1.29, 1.82) is 0 Å². The lowest BCUT2D eigenvalue weighted by Gasteiger charge is -2.17. The fraction of sp³-hybridized carbons (Fsp3) is 1.00. The second-order valence-electron chi connectivity index (χ2n) is 5.25. The van der Waals surface area contributed by atoms with Crippen LogP contribution in [-0.4, -0.2) is 0 Å². The molecule has 1 aliphatic carbocycles. The Hall–Kier alpha value is 0.